The van der Waals surface area contributed by atoms with E-state index in [1.165, 1.54) is 124 Å². The van der Waals surface area contributed by atoms with Crippen LogP contribution in [-0.2, 0) is 33.0 Å². The van der Waals surface area contributed by atoms with Crippen LogP contribution in [0.4, 0.5) is 0 Å². The first-order valence-corrected chi connectivity index (χ1v) is 28.1. The van der Waals surface area contributed by atoms with E-state index in [2.05, 4.69) is 48.6 Å². The Kier molecular flexibility index (Phi) is 30.5. The predicted octanol–water partition coefficient (Wildman–Crippen LogP) is 18.3. The minimum absolute atomic E-state index is 0. The van der Waals surface area contributed by atoms with Crippen molar-refractivity contribution >= 4 is 15.8 Å². The second-order valence-corrected chi connectivity index (χ2v) is 25.0. The molecule has 0 aliphatic heterocycles. The van der Waals surface area contributed by atoms with E-state index >= 15 is 0 Å². The first-order chi connectivity index (χ1) is 26.9. The first kappa shape index (κ1) is 51.2. The minimum atomic E-state index is 0. The van der Waals surface area contributed by atoms with E-state index in [0.717, 1.165) is 0 Å². The van der Waals surface area contributed by atoms with Gasteiger partial charge in [0.25, 0.3) is 0 Å². The van der Waals surface area contributed by atoms with Gasteiger partial charge in [0, 0.05) is 33.0 Å². The molecule has 0 saturated heterocycles. The normalized spacial score (nSPS) is 27.6. The quantitative estimate of drug-likeness (QED) is 0.142. The van der Waals surface area contributed by atoms with Crippen molar-refractivity contribution in [2.24, 2.45) is 0 Å². The van der Waals surface area contributed by atoms with Crippen LogP contribution < -0.4 is 0 Å². The summed E-state index contributed by atoms with van der Waals surface area (Å²) >= 11 is 0. The van der Waals surface area contributed by atoms with Crippen LogP contribution in [0.2, 0.25) is 0 Å². The van der Waals surface area contributed by atoms with Crippen LogP contribution in [0.1, 0.15) is 244 Å². The standard InChI is InChI=1S/2C18H33P.2C8H12.2Ni/c2*1-4-10-16(11-5-1)19(17-12-6-2-7-13-17)18-14-8-3-9-15-18;2*1-2-4-6-8-7-5-3-1;;/h2*16-18H,1-15H2;2*1-2,7-8H,3-6H2;;/b;;2*2-1-,8-7-;;. The van der Waals surface area contributed by atoms with Gasteiger partial charge >= 0.3 is 0 Å². The smallest absolute Gasteiger partial charge is 0 e. The summed E-state index contributed by atoms with van der Waals surface area (Å²) in [7, 11) is 0.770. The van der Waals surface area contributed by atoms with Crippen molar-refractivity contribution in [1.82, 2.24) is 0 Å². The molecule has 56 heavy (non-hydrogen) atoms. The Bertz CT molecular complexity index is 796. The van der Waals surface area contributed by atoms with Crippen LogP contribution in [0, 0.1) is 0 Å². The van der Waals surface area contributed by atoms with Crippen LogP contribution >= 0.6 is 15.8 Å². The third-order valence-corrected chi connectivity index (χ3v) is 22.8. The number of hydrogen-bond donors (Lipinski definition) is 0. The topological polar surface area (TPSA) is 0 Å². The molecule has 6 fully saturated rings. The molecule has 0 unspecified atom stereocenters. The Morgan fingerprint density at radius 1 is 0.196 bits per heavy atom. The zero-order chi connectivity index (χ0) is 37.1. The molecule has 0 heterocycles. The molecule has 0 aromatic heterocycles. The summed E-state index contributed by atoms with van der Waals surface area (Å²) in [6.07, 6.45) is 75.2. The van der Waals surface area contributed by atoms with Crippen LogP contribution in [0.15, 0.2) is 48.6 Å². The third kappa shape index (κ3) is 20.1. The Balaban J connectivity index is 0.000000213. The van der Waals surface area contributed by atoms with Crippen LogP contribution in [0.25, 0.3) is 0 Å². The summed E-state index contributed by atoms with van der Waals surface area (Å²) in [6, 6.07) is 0. The summed E-state index contributed by atoms with van der Waals surface area (Å²) in [5, 5.41) is 0. The molecule has 0 N–H and O–H groups in total. The molecule has 328 valence electrons. The largest absolute Gasteiger partial charge is 0.0971 e. The number of rotatable bonds is 6. The van der Waals surface area contributed by atoms with Crippen molar-refractivity contribution in [3.8, 4) is 0 Å². The fraction of sp³-hybridized carbons (Fsp3) is 0.846. The first-order valence-electron chi connectivity index (χ1n) is 25.0. The maximum absolute atomic E-state index is 2.27. The maximum Gasteiger partial charge on any atom is 0 e. The molecule has 0 aromatic carbocycles. The Labute approximate surface area is 373 Å². The van der Waals surface area contributed by atoms with Gasteiger partial charge in [0.2, 0.25) is 0 Å². The van der Waals surface area contributed by atoms with E-state index in [-0.39, 0.29) is 33.0 Å². The minimum Gasteiger partial charge on any atom is -0.0971 e. The van der Waals surface area contributed by atoms with Crippen molar-refractivity contribution in [3.63, 3.8) is 0 Å². The average molecular weight is 895 g/mol. The van der Waals surface area contributed by atoms with Crippen molar-refractivity contribution < 1.29 is 33.0 Å². The summed E-state index contributed by atoms with van der Waals surface area (Å²) in [5.41, 5.74) is 7.14. The van der Waals surface area contributed by atoms with E-state index in [1.54, 1.807) is 154 Å². The van der Waals surface area contributed by atoms with E-state index in [1.807, 2.05) is 0 Å². The van der Waals surface area contributed by atoms with Crippen molar-refractivity contribution in [2.75, 3.05) is 0 Å². The summed E-state index contributed by atoms with van der Waals surface area (Å²) in [4.78, 5) is 0. The Hall–Kier alpha value is 0.807. The van der Waals surface area contributed by atoms with Crippen LogP contribution in [0.3, 0.4) is 0 Å². The molecule has 0 aromatic rings. The van der Waals surface area contributed by atoms with E-state index in [0.29, 0.717) is 15.8 Å². The zero-order valence-electron chi connectivity index (χ0n) is 36.5. The predicted molar refractivity (Wildman–Crippen MR) is 249 cm³/mol. The third-order valence-electron chi connectivity index (χ3n) is 14.6. The molecule has 0 radical (unpaired) electrons. The molecule has 0 amide bonds. The van der Waals surface area contributed by atoms with Gasteiger partial charge in [-0.15, -0.1) is 0 Å². The van der Waals surface area contributed by atoms with Crippen molar-refractivity contribution in [1.29, 1.82) is 0 Å². The number of hydrogen-bond acceptors (Lipinski definition) is 0. The monoisotopic (exact) mass is 893 g/mol. The summed E-state index contributed by atoms with van der Waals surface area (Å²) in [5.74, 6) is 0. The molecular weight excluding hydrogens is 804 g/mol. The van der Waals surface area contributed by atoms with E-state index in [4.69, 9.17) is 0 Å². The zero-order valence-corrected chi connectivity index (χ0v) is 40.2. The second-order valence-electron chi connectivity index (χ2n) is 18.8. The van der Waals surface area contributed by atoms with Crippen molar-refractivity contribution in [3.05, 3.63) is 48.6 Å². The molecule has 6 saturated carbocycles. The Morgan fingerprint density at radius 2 is 0.321 bits per heavy atom. The van der Waals surface area contributed by atoms with Crippen LogP contribution in [-0.4, -0.2) is 34.0 Å². The summed E-state index contributed by atoms with van der Waals surface area (Å²) < 4.78 is 0. The van der Waals surface area contributed by atoms with Gasteiger partial charge in [-0.3, -0.25) is 0 Å². The fourth-order valence-electron chi connectivity index (χ4n) is 11.8. The van der Waals surface area contributed by atoms with Gasteiger partial charge in [-0.25, -0.2) is 0 Å². The molecule has 0 nitrogen and oxygen atoms in total. The molecule has 0 spiro atoms. The van der Waals surface area contributed by atoms with E-state index in [9.17, 15) is 0 Å². The fourth-order valence-corrected chi connectivity index (χ4v) is 21.1. The van der Waals surface area contributed by atoms with Gasteiger partial charge in [-0.1, -0.05) is 180 Å². The molecule has 8 aliphatic rings. The van der Waals surface area contributed by atoms with Gasteiger partial charge in [-0.2, -0.15) is 0 Å². The SMILES string of the molecule is C1=C\CC/C=C\CC/1.C1=C\CC/C=C\CC/1.C1CCC(P(C2CCCCC2)C2CCCCC2)CC1.C1CCC(P(C2CCCCC2)C2CCCCC2)CC1.[Ni].[Ni]. The van der Waals surface area contributed by atoms with Gasteiger partial charge < -0.3 is 0 Å². The van der Waals surface area contributed by atoms with Crippen molar-refractivity contribution in [2.45, 2.75) is 278 Å². The van der Waals surface area contributed by atoms with Gasteiger partial charge in [0.1, 0.15) is 0 Å². The van der Waals surface area contributed by atoms with Gasteiger partial charge in [0.05, 0.1) is 0 Å². The molecular formula is C52H90Ni2P2. The molecule has 0 atom stereocenters. The number of allylic oxidation sites excluding steroid dienone is 8. The second kappa shape index (κ2) is 33.4. The molecule has 0 bridgehead atoms. The summed E-state index contributed by atoms with van der Waals surface area (Å²) in [6.45, 7) is 0. The molecule has 8 rings (SSSR count). The van der Waals surface area contributed by atoms with Gasteiger partial charge in [-0.05, 0) is 162 Å². The van der Waals surface area contributed by atoms with Gasteiger partial charge in [0.15, 0.2) is 0 Å². The van der Waals surface area contributed by atoms with Crippen LogP contribution in [0.5, 0.6) is 0 Å². The average Bonchev–Trinajstić information content (AvgIpc) is 3.21. The Morgan fingerprint density at radius 3 is 0.446 bits per heavy atom. The molecule has 4 heteroatoms. The maximum atomic E-state index is 2.27. The molecule has 8 aliphatic carbocycles. The van der Waals surface area contributed by atoms with E-state index < -0.39 is 0 Å².